The molecule has 0 aliphatic carbocycles. The molecule has 0 saturated carbocycles. The predicted molar refractivity (Wildman–Crippen MR) is 93.5 cm³/mol. The minimum atomic E-state index is -0.511. The van der Waals surface area contributed by atoms with Crippen LogP contribution in [0.3, 0.4) is 0 Å². The third-order valence-corrected chi connectivity index (χ3v) is 3.82. The molecule has 134 valence electrons. The summed E-state index contributed by atoms with van der Waals surface area (Å²) >= 11 is 0. The number of para-hydroxylation sites is 2. The smallest absolute Gasteiger partial charge is 0.243 e. The zero-order valence-electron chi connectivity index (χ0n) is 14.2. The number of hydrogen-bond acceptors (Lipinski definition) is 6. The number of hydroxylamine groups is 2. The molecule has 8 heteroatoms. The Balaban J connectivity index is 1.96. The van der Waals surface area contributed by atoms with Gasteiger partial charge < -0.3 is 0 Å². The number of anilines is 1. The standard InChI is InChI=1S/C17H23N5O3/c1-2-3-4-7-13(11-22(25)12-23)17(24)21-20-16-10-18-14-8-5-6-9-15(14)19-16/h5-6,8-10,12-13,25H,2-4,7,11H2,1H3,(H,19,20)(H,21,24). The van der Waals surface area contributed by atoms with E-state index in [1.54, 1.807) is 0 Å². The van der Waals surface area contributed by atoms with Crippen molar-refractivity contribution in [1.82, 2.24) is 20.5 Å². The van der Waals surface area contributed by atoms with Crippen LogP contribution in [0.1, 0.15) is 32.6 Å². The Labute approximate surface area is 146 Å². The number of hydrazine groups is 1. The first kappa shape index (κ1) is 18.6. The van der Waals surface area contributed by atoms with Crippen LogP contribution in [0.5, 0.6) is 0 Å². The second-order valence-corrected chi connectivity index (χ2v) is 5.78. The maximum atomic E-state index is 12.4. The molecule has 8 nitrogen and oxygen atoms in total. The largest absolute Gasteiger partial charge is 0.286 e. The number of amides is 2. The van der Waals surface area contributed by atoms with Gasteiger partial charge in [-0.3, -0.25) is 30.6 Å². The van der Waals surface area contributed by atoms with Gasteiger partial charge in [0.2, 0.25) is 12.3 Å². The second-order valence-electron chi connectivity index (χ2n) is 5.78. The van der Waals surface area contributed by atoms with Gasteiger partial charge in [0, 0.05) is 0 Å². The molecule has 3 N–H and O–H groups in total. The number of carbonyl (C=O) groups is 2. The third-order valence-electron chi connectivity index (χ3n) is 3.82. The summed E-state index contributed by atoms with van der Waals surface area (Å²) in [6.07, 6.45) is 5.25. The molecule has 25 heavy (non-hydrogen) atoms. The van der Waals surface area contributed by atoms with Crippen molar-refractivity contribution in [2.24, 2.45) is 5.92 Å². The number of benzene rings is 1. The molecule has 2 rings (SSSR count). The molecule has 2 aromatic rings. The van der Waals surface area contributed by atoms with E-state index < -0.39 is 5.92 Å². The molecule has 0 saturated heterocycles. The van der Waals surface area contributed by atoms with Crippen molar-refractivity contribution in [1.29, 1.82) is 0 Å². The van der Waals surface area contributed by atoms with Crippen LogP contribution in [0.4, 0.5) is 5.82 Å². The van der Waals surface area contributed by atoms with Crippen molar-refractivity contribution in [2.45, 2.75) is 32.6 Å². The zero-order chi connectivity index (χ0) is 18.1. The van der Waals surface area contributed by atoms with E-state index in [1.807, 2.05) is 24.3 Å². The Morgan fingerprint density at radius 3 is 2.80 bits per heavy atom. The highest BCUT2D eigenvalue weighted by molar-refractivity contribution is 5.80. The fraction of sp³-hybridized carbons (Fsp3) is 0.412. The van der Waals surface area contributed by atoms with Crippen LogP contribution < -0.4 is 10.9 Å². The van der Waals surface area contributed by atoms with Gasteiger partial charge in [-0.2, -0.15) is 0 Å². The Hall–Kier alpha value is -2.74. The number of fused-ring (bicyclic) bond motifs is 1. The highest BCUT2D eigenvalue weighted by Gasteiger charge is 2.20. The van der Waals surface area contributed by atoms with Gasteiger partial charge in [0.05, 0.1) is 29.7 Å². The van der Waals surface area contributed by atoms with Crippen LogP contribution in [0.2, 0.25) is 0 Å². The highest BCUT2D eigenvalue weighted by atomic mass is 16.5. The monoisotopic (exact) mass is 345 g/mol. The van der Waals surface area contributed by atoms with E-state index in [0.717, 1.165) is 24.8 Å². The molecule has 1 atom stereocenters. The first-order valence-electron chi connectivity index (χ1n) is 8.32. The Morgan fingerprint density at radius 2 is 2.08 bits per heavy atom. The number of carbonyl (C=O) groups excluding carboxylic acids is 2. The van der Waals surface area contributed by atoms with Crippen LogP contribution in [-0.2, 0) is 9.59 Å². The summed E-state index contributed by atoms with van der Waals surface area (Å²) in [5.41, 5.74) is 6.79. The van der Waals surface area contributed by atoms with E-state index in [1.165, 1.54) is 6.20 Å². The molecule has 0 fully saturated rings. The van der Waals surface area contributed by atoms with Gasteiger partial charge in [-0.25, -0.2) is 10.0 Å². The van der Waals surface area contributed by atoms with Crippen molar-refractivity contribution in [3.05, 3.63) is 30.5 Å². The molecule has 2 amide bonds. The quantitative estimate of drug-likeness (QED) is 0.263. The average Bonchev–Trinajstić information content (AvgIpc) is 2.65. The van der Waals surface area contributed by atoms with Gasteiger partial charge in [-0.15, -0.1) is 0 Å². The predicted octanol–water partition coefficient (Wildman–Crippen LogP) is 2.12. The maximum Gasteiger partial charge on any atom is 0.243 e. The van der Waals surface area contributed by atoms with Crippen LogP contribution in [0.25, 0.3) is 11.0 Å². The van der Waals surface area contributed by atoms with Crippen LogP contribution in [-0.4, -0.2) is 39.1 Å². The molecule has 0 bridgehead atoms. The minimum absolute atomic E-state index is 0.0515. The molecule has 0 radical (unpaired) electrons. The molecule has 1 aromatic carbocycles. The number of nitrogens with one attached hydrogen (secondary N) is 2. The summed E-state index contributed by atoms with van der Waals surface area (Å²) in [6.45, 7) is 2.02. The number of rotatable bonds is 10. The molecule has 0 aliphatic rings. The second kappa shape index (κ2) is 9.53. The van der Waals surface area contributed by atoms with E-state index >= 15 is 0 Å². The summed E-state index contributed by atoms with van der Waals surface area (Å²) in [5.74, 6) is -0.412. The van der Waals surface area contributed by atoms with E-state index in [-0.39, 0.29) is 12.5 Å². The summed E-state index contributed by atoms with van der Waals surface area (Å²) in [7, 11) is 0. The fourth-order valence-electron chi connectivity index (χ4n) is 2.46. The summed E-state index contributed by atoms with van der Waals surface area (Å²) in [5, 5.41) is 9.87. The van der Waals surface area contributed by atoms with Crippen molar-refractivity contribution in [3.8, 4) is 0 Å². The topological polar surface area (TPSA) is 107 Å². The molecular weight excluding hydrogens is 322 g/mol. The fourth-order valence-corrected chi connectivity index (χ4v) is 2.46. The summed E-state index contributed by atoms with van der Waals surface area (Å²) in [6, 6.07) is 7.42. The van der Waals surface area contributed by atoms with Crippen molar-refractivity contribution >= 4 is 29.2 Å². The summed E-state index contributed by atoms with van der Waals surface area (Å²) < 4.78 is 0. The zero-order valence-corrected chi connectivity index (χ0v) is 14.2. The molecule has 0 aliphatic heterocycles. The summed E-state index contributed by atoms with van der Waals surface area (Å²) in [4.78, 5) is 31.6. The SMILES string of the molecule is CCCCCC(CN(O)C=O)C(=O)NNc1cnc2ccccc2n1. The van der Waals surface area contributed by atoms with Crippen LogP contribution >= 0.6 is 0 Å². The lowest BCUT2D eigenvalue weighted by atomic mass is 10.0. The number of unbranched alkanes of at least 4 members (excludes halogenated alkanes) is 2. The first-order chi connectivity index (χ1) is 12.1. The van der Waals surface area contributed by atoms with Crippen molar-refractivity contribution in [3.63, 3.8) is 0 Å². The molecule has 1 aromatic heterocycles. The van der Waals surface area contributed by atoms with Gasteiger partial charge >= 0.3 is 0 Å². The Kier molecular flexibility index (Phi) is 7.09. The highest BCUT2D eigenvalue weighted by Crippen LogP contribution is 2.13. The van der Waals surface area contributed by atoms with E-state index in [0.29, 0.717) is 29.2 Å². The number of aromatic nitrogens is 2. The molecule has 0 spiro atoms. The van der Waals surface area contributed by atoms with Crippen LogP contribution in [0, 0.1) is 5.92 Å². The first-order valence-corrected chi connectivity index (χ1v) is 8.32. The molecular formula is C17H23N5O3. The average molecular weight is 345 g/mol. The van der Waals surface area contributed by atoms with Crippen molar-refractivity contribution < 1.29 is 14.8 Å². The van der Waals surface area contributed by atoms with Gasteiger partial charge in [0.1, 0.15) is 0 Å². The molecule has 1 heterocycles. The van der Waals surface area contributed by atoms with Gasteiger partial charge in [0.25, 0.3) is 0 Å². The van der Waals surface area contributed by atoms with Gasteiger partial charge in [-0.05, 0) is 18.6 Å². The van der Waals surface area contributed by atoms with E-state index in [4.69, 9.17) is 0 Å². The Bertz CT molecular complexity index is 709. The van der Waals surface area contributed by atoms with Gasteiger partial charge in [0.15, 0.2) is 5.82 Å². The van der Waals surface area contributed by atoms with Gasteiger partial charge in [-0.1, -0.05) is 38.3 Å². The normalized spacial score (nSPS) is 11.8. The van der Waals surface area contributed by atoms with Crippen LogP contribution in [0.15, 0.2) is 30.5 Å². The third kappa shape index (κ3) is 5.68. The lowest BCUT2D eigenvalue weighted by Crippen LogP contribution is -2.40. The lowest BCUT2D eigenvalue weighted by Gasteiger charge is -2.19. The number of nitrogens with zero attached hydrogens (tertiary/aromatic N) is 3. The minimum Gasteiger partial charge on any atom is -0.286 e. The lowest BCUT2D eigenvalue weighted by molar-refractivity contribution is -0.154. The van der Waals surface area contributed by atoms with E-state index in [9.17, 15) is 14.8 Å². The maximum absolute atomic E-state index is 12.4. The van der Waals surface area contributed by atoms with Crippen molar-refractivity contribution in [2.75, 3.05) is 12.0 Å². The molecule has 1 unspecified atom stereocenters. The Morgan fingerprint density at radius 1 is 1.32 bits per heavy atom. The number of hydrogen-bond donors (Lipinski definition) is 3. The van der Waals surface area contributed by atoms with E-state index in [2.05, 4.69) is 27.7 Å².